The van der Waals surface area contributed by atoms with E-state index in [2.05, 4.69) is 32.2 Å². The molecule has 1 N–H and O–H groups in total. The minimum absolute atomic E-state index is 0.407. The van der Waals surface area contributed by atoms with E-state index >= 15 is 0 Å². The number of benzene rings is 1. The summed E-state index contributed by atoms with van der Waals surface area (Å²) in [7, 11) is 1.70. The highest BCUT2D eigenvalue weighted by molar-refractivity contribution is 5.87. The summed E-state index contributed by atoms with van der Waals surface area (Å²) in [5.41, 5.74) is 1.92. The van der Waals surface area contributed by atoms with Crippen LogP contribution in [0.15, 0.2) is 22.6 Å². The van der Waals surface area contributed by atoms with Gasteiger partial charge in [0, 0.05) is 24.1 Å². The molecule has 2 aromatic rings. The Morgan fingerprint density at radius 1 is 1.29 bits per heavy atom. The molecule has 0 spiro atoms. The van der Waals surface area contributed by atoms with Crippen molar-refractivity contribution < 1.29 is 13.9 Å². The van der Waals surface area contributed by atoms with Crippen LogP contribution in [0, 0.1) is 0 Å². The van der Waals surface area contributed by atoms with Crippen LogP contribution < -0.4 is 10.1 Å². The molecule has 4 heteroatoms. The van der Waals surface area contributed by atoms with Gasteiger partial charge >= 0.3 is 0 Å². The monoisotopic (exact) mass is 291 g/mol. The molecule has 0 saturated carbocycles. The van der Waals surface area contributed by atoms with E-state index < -0.39 is 0 Å². The average Bonchev–Trinajstić information content (AvgIpc) is 2.82. The lowest BCUT2D eigenvalue weighted by Gasteiger charge is -2.07. The van der Waals surface area contributed by atoms with E-state index in [1.807, 2.05) is 12.1 Å². The molecule has 0 saturated heterocycles. The van der Waals surface area contributed by atoms with Gasteiger partial charge < -0.3 is 19.2 Å². The molecule has 0 amide bonds. The van der Waals surface area contributed by atoms with Crippen molar-refractivity contribution in [1.29, 1.82) is 0 Å². The van der Waals surface area contributed by atoms with Crippen LogP contribution in [0.4, 0.5) is 0 Å². The largest absolute Gasteiger partial charge is 0.490 e. The summed E-state index contributed by atoms with van der Waals surface area (Å²) in [5.74, 6) is 1.73. The van der Waals surface area contributed by atoms with Gasteiger partial charge in [-0.3, -0.25) is 0 Å². The van der Waals surface area contributed by atoms with Gasteiger partial charge in [0.2, 0.25) is 0 Å². The number of rotatable bonds is 8. The second-order valence-electron chi connectivity index (χ2n) is 5.45. The van der Waals surface area contributed by atoms with Crippen LogP contribution in [-0.2, 0) is 17.9 Å². The molecule has 0 aliphatic carbocycles. The predicted molar refractivity (Wildman–Crippen MR) is 84.7 cm³/mol. The highest BCUT2D eigenvalue weighted by atomic mass is 16.5. The number of fused-ring (bicyclic) bond motifs is 1. The fourth-order valence-electron chi connectivity index (χ4n) is 2.26. The Bertz CT molecular complexity index is 575. The van der Waals surface area contributed by atoms with Crippen LogP contribution in [0.5, 0.6) is 5.75 Å². The number of furan rings is 1. The lowest BCUT2D eigenvalue weighted by Crippen LogP contribution is -2.22. The summed E-state index contributed by atoms with van der Waals surface area (Å²) in [6, 6.07) is 6.42. The number of nitrogens with one attached hydrogen (secondary N) is 1. The predicted octanol–water partition coefficient (Wildman–Crippen LogP) is 3.87. The lowest BCUT2D eigenvalue weighted by molar-refractivity contribution is 0.183. The summed E-state index contributed by atoms with van der Waals surface area (Å²) in [5, 5.41) is 4.47. The van der Waals surface area contributed by atoms with E-state index in [4.69, 9.17) is 13.9 Å². The highest BCUT2D eigenvalue weighted by Crippen LogP contribution is 2.33. The van der Waals surface area contributed by atoms with Crippen LogP contribution in [-0.4, -0.2) is 19.8 Å². The molecule has 0 unspecified atom stereocenters. The van der Waals surface area contributed by atoms with Crippen molar-refractivity contribution in [1.82, 2.24) is 5.32 Å². The number of methoxy groups -OCH3 is 1. The Hall–Kier alpha value is -1.52. The molecule has 0 aliphatic rings. The molecule has 0 aliphatic heterocycles. The topological polar surface area (TPSA) is 43.6 Å². The van der Waals surface area contributed by atoms with E-state index in [-0.39, 0.29) is 0 Å². The zero-order valence-corrected chi connectivity index (χ0v) is 13.4. The molecule has 116 valence electrons. The molecule has 1 heterocycles. The molecular formula is C17H25NO3. The van der Waals surface area contributed by atoms with Gasteiger partial charge in [0.15, 0.2) is 11.3 Å². The van der Waals surface area contributed by atoms with Crippen molar-refractivity contribution in [3.05, 3.63) is 29.5 Å². The van der Waals surface area contributed by atoms with E-state index in [9.17, 15) is 0 Å². The number of hydrogen-bond acceptors (Lipinski definition) is 4. The molecule has 0 bridgehead atoms. The minimum atomic E-state index is 0.407. The van der Waals surface area contributed by atoms with Gasteiger partial charge in [-0.05, 0) is 12.5 Å². The van der Waals surface area contributed by atoms with Gasteiger partial charge in [-0.15, -0.1) is 0 Å². The molecule has 21 heavy (non-hydrogen) atoms. The van der Waals surface area contributed by atoms with Crippen LogP contribution in [0.3, 0.4) is 0 Å². The maximum Gasteiger partial charge on any atom is 0.176 e. The molecule has 1 aromatic carbocycles. The van der Waals surface area contributed by atoms with Crippen LogP contribution in [0.1, 0.15) is 38.5 Å². The smallest absolute Gasteiger partial charge is 0.176 e. The molecule has 2 rings (SSSR count). The van der Waals surface area contributed by atoms with E-state index in [1.54, 1.807) is 7.11 Å². The molecule has 0 fully saturated rings. The minimum Gasteiger partial charge on any atom is -0.490 e. The van der Waals surface area contributed by atoms with Crippen molar-refractivity contribution in [2.45, 2.75) is 46.4 Å². The Morgan fingerprint density at radius 3 is 2.76 bits per heavy atom. The SMILES string of the molecule is CCCOc1cccc2c(COC)c(CNC(C)C)oc12. The Labute approximate surface area is 126 Å². The van der Waals surface area contributed by atoms with Crippen molar-refractivity contribution in [3.8, 4) is 5.75 Å². The first-order valence-corrected chi connectivity index (χ1v) is 7.55. The van der Waals surface area contributed by atoms with Crippen molar-refractivity contribution in [2.24, 2.45) is 0 Å². The maximum absolute atomic E-state index is 6.06. The second-order valence-corrected chi connectivity index (χ2v) is 5.45. The first-order chi connectivity index (χ1) is 10.2. The fraction of sp³-hybridized carbons (Fsp3) is 0.529. The van der Waals surface area contributed by atoms with Crippen molar-refractivity contribution >= 4 is 11.0 Å². The first-order valence-electron chi connectivity index (χ1n) is 7.55. The van der Waals surface area contributed by atoms with Crippen molar-refractivity contribution in [3.63, 3.8) is 0 Å². The second kappa shape index (κ2) is 7.48. The third-order valence-electron chi connectivity index (χ3n) is 3.29. The molecular weight excluding hydrogens is 266 g/mol. The molecule has 0 atom stereocenters. The first kappa shape index (κ1) is 15.9. The zero-order valence-electron chi connectivity index (χ0n) is 13.4. The fourth-order valence-corrected chi connectivity index (χ4v) is 2.26. The maximum atomic E-state index is 6.06. The summed E-state index contributed by atoms with van der Waals surface area (Å²) in [4.78, 5) is 0. The molecule has 0 radical (unpaired) electrons. The van der Waals surface area contributed by atoms with Crippen LogP contribution in [0.2, 0.25) is 0 Å². The third-order valence-corrected chi connectivity index (χ3v) is 3.29. The summed E-state index contributed by atoms with van der Waals surface area (Å²) >= 11 is 0. The van der Waals surface area contributed by atoms with E-state index in [0.717, 1.165) is 34.5 Å². The van der Waals surface area contributed by atoms with Gasteiger partial charge in [-0.1, -0.05) is 32.9 Å². The van der Waals surface area contributed by atoms with Crippen molar-refractivity contribution in [2.75, 3.05) is 13.7 Å². The van der Waals surface area contributed by atoms with Crippen LogP contribution >= 0.6 is 0 Å². The Morgan fingerprint density at radius 2 is 2.10 bits per heavy atom. The van der Waals surface area contributed by atoms with Gasteiger partial charge in [0.05, 0.1) is 19.8 Å². The van der Waals surface area contributed by atoms with Gasteiger partial charge in [0.25, 0.3) is 0 Å². The van der Waals surface area contributed by atoms with E-state index in [1.165, 1.54) is 0 Å². The normalized spacial score (nSPS) is 11.5. The average molecular weight is 291 g/mol. The highest BCUT2D eigenvalue weighted by Gasteiger charge is 2.17. The molecule has 1 aromatic heterocycles. The van der Waals surface area contributed by atoms with Gasteiger partial charge in [-0.25, -0.2) is 0 Å². The summed E-state index contributed by atoms with van der Waals surface area (Å²) in [6.45, 7) is 8.26. The van der Waals surface area contributed by atoms with Gasteiger partial charge in [-0.2, -0.15) is 0 Å². The van der Waals surface area contributed by atoms with Crippen LogP contribution in [0.25, 0.3) is 11.0 Å². The molecule has 4 nitrogen and oxygen atoms in total. The Balaban J connectivity index is 2.39. The van der Waals surface area contributed by atoms with Gasteiger partial charge in [0.1, 0.15) is 5.76 Å². The summed E-state index contributed by atoms with van der Waals surface area (Å²) in [6.07, 6.45) is 0.976. The third kappa shape index (κ3) is 3.77. The summed E-state index contributed by atoms with van der Waals surface area (Å²) < 4.78 is 17.2. The number of hydrogen-bond donors (Lipinski definition) is 1. The number of para-hydroxylation sites is 1. The lowest BCUT2D eigenvalue weighted by atomic mass is 10.1. The quantitative estimate of drug-likeness (QED) is 0.802. The zero-order chi connectivity index (χ0) is 15.2. The standard InChI is InChI=1S/C17H25NO3/c1-5-9-20-15-8-6-7-13-14(11-19-4)16(21-17(13)15)10-18-12(2)3/h6-8,12,18H,5,9-11H2,1-4H3. The Kier molecular flexibility index (Phi) is 5.65. The van der Waals surface area contributed by atoms with E-state index in [0.29, 0.717) is 25.8 Å². The number of ether oxygens (including phenoxy) is 2.